The van der Waals surface area contributed by atoms with Crippen LogP contribution < -0.4 is 4.74 Å². The lowest BCUT2D eigenvalue weighted by molar-refractivity contribution is -0.114. The Morgan fingerprint density at radius 3 is 2.74 bits per heavy atom. The summed E-state index contributed by atoms with van der Waals surface area (Å²) in [7, 11) is 0. The highest BCUT2D eigenvalue weighted by Crippen LogP contribution is 2.31. The first-order valence-corrected chi connectivity index (χ1v) is 12.5. The van der Waals surface area contributed by atoms with Gasteiger partial charge in [-0.3, -0.25) is 10.2 Å². The number of hydrazone groups is 1. The van der Waals surface area contributed by atoms with Crippen LogP contribution in [-0.2, 0) is 11.3 Å². The summed E-state index contributed by atoms with van der Waals surface area (Å²) in [5.74, 6) is 1.25. The van der Waals surface area contributed by atoms with Crippen molar-refractivity contribution in [3.63, 3.8) is 0 Å². The lowest BCUT2D eigenvalue weighted by Crippen LogP contribution is -2.36. The Hall–Kier alpha value is -3.33. The fourth-order valence-corrected chi connectivity index (χ4v) is 5.11. The van der Waals surface area contributed by atoms with E-state index in [0.717, 1.165) is 61.4 Å². The number of carbonyl (C=O) groups excluding carboxylic acids is 1. The van der Waals surface area contributed by atoms with Gasteiger partial charge in [0.25, 0.3) is 5.91 Å². The molecule has 0 saturated carbocycles. The van der Waals surface area contributed by atoms with Crippen LogP contribution in [0.3, 0.4) is 0 Å². The lowest BCUT2D eigenvalue weighted by atomic mass is 10.00. The van der Waals surface area contributed by atoms with E-state index in [9.17, 15) is 4.79 Å². The number of fused-ring (bicyclic) bond motifs is 1. The number of para-hydroxylation sites is 1. The van der Waals surface area contributed by atoms with Crippen LogP contribution in [0.25, 0.3) is 6.08 Å². The molecule has 1 fully saturated rings. The van der Waals surface area contributed by atoms with E-state index in [1.807, 2.05) is 48.7 Å². The third-order valence-electron chi connectivity index (χ3n) is 6.21. The molecular formula is C25H28N6O2S. The maximum atomic E-state index is 12.8. The average Bonchev–Trinajstić information content (AvgIpc) is 3.47. The van der Waals surface area contributed by atoms with Crippen molar-refractivity contribution in [1.29, 1.82) is 5.41 Å². The van der Waals surface area contributed by atoms with Crippen molar-refractivity contribution in [3.8, 4) is 5.75 Å². The van der Waals surface area contributed by atoms with Crippen LogP contribution in [0.5, 0.6) is 5.75 Å². The molecule has 1 aromatic carbocycles. The van der Waals surface area contributed by atoms with Gasteiger partial charge in [-0.25, -0.2) is 0 Å². The van der Waals surface area contributed by atoms with E-state index in [-0.39, 0.29) is 11.4 Å². The first-order valence-electron chi connectivity index (χ1n) is 11.7. The number of likely N-dealkylation sites (tertiary alicyclic amines) is 1. The fourth-order valence-electron chi connectivity index (χ4n) is 4.16. The maximum absolute atomic E-state index is 12.8. The number of ether oxygens (including phenoxy) is 1. The molecule has 0 aliphatic carbocycles. The Balaban J connectivity index is 1.25. The van der Waals surface area contributed by atoms with Gasteiger partial charge in [-0.1, -0.05) is 25.1 Å². The van der Waals surface area contributed by atoms with Gasteiger partial charge in [0, 0.05) is 31.5 Å². The number of hydrogen-bond donors (Lipinski definition) is 1. The quantitative estimate of drug-likeness (QED) is 0.497. The summed E-state index contributed by atoms with van der Waals surface area (Å²) in [6.07, 6.45) is 6.78. The molecule has 1 N–H and O–H groups in total. The molecule has 1 saturated heterocycles. The number of benzene rings is 1. The number of aromatic nitrogens is 1. The Bertz CT molecular complexity index is 1160. The molecular weight excluding hydrogens is 448 g/mol. The van der Waals surface area contributed by atoms with Gasteiger partial charge < -0.3 is 14.2 Å². The third kappa shape index (κ3) is 4.79. The molecule has 0 radical (unpaired) electrons. The Morgan fingerprint density at radius 2 is 1.94 bits per heavy atom. The molecule has 0 atom stereocenters. The first-order chi connectivity index (χ1) is 16.6. The van der Waals surface area contributed by atoms with Crippen molar-refractivity contribution in [2.24, 2.45) is 16.0 Å². The summed E-state index contributed by atoms with van der Waals surface area (Å²) >= 11 is 1.38. The minimum atomic E-state index is -0.396. The molecule has 4 heterocycles. The number of nitrogens with one attached hydrogen (secondary N) is 1. The van der Waals surface area contributed by atoms with Gasteiger partial charge >= 0.3 is 0 Å². The average molecular weight is 477 g/mol. The van der Waals surface area contributed by atoms with Crippen LogP contribution in [-0.4, -0.2) is 56.3 Å². The van der Waals surface area contributed by atoms with Crippen molar-refractivity contribution in [3.05, 3.63) is 59.9 Å². The Kier molecular flexibility index (Phi) is 6.53. The maximum Gasteiger partial charge on any atom is 0.283 e. The summed E-state index contributed by atoms with van der Waals surface area (Å²) in [6, 6.07) is 13.6. The molecule has 2 aromatic rings. The number of piperidine rings is 1. The van der Waals surface area contributed by atoms with Crippen LogP contribution in [0.4, 0.5) is 0 Å². The fraction of sp³-hybridized carbons (Fsp3) is 0.360. The van der Waals surface area contributed by atoms with E-state index < -0.39 is 5.91 Å². The predicted octanol–water partition coefficient (Wildman–Crippen LogP) is 4.27. The zero-order chi connectivity index (χ0) is 23.5. The number of nitrogens with zero attached hydrogens (tertiary/aromatic N) is 5. The number of rotatable bonds is 6. The smallest absolute Gasteiger partial charge is 0.283 e. The highest BCUT2D eigenvalue weighted by atomic mass is 32.2. The van der Waals surface area contributed by atoms with Crippen LogP contribution in [0, 0.1) is 11.3 Å². The number of amidine groups is 3. The second-order valence-electron chi connectivity index (χ2n) is 8.71. The van der Waals surface area contributed by atoms with Gasteiger partial charge in [0.1, 0.15) is 5.75 Å². The number of amides is 1. The van der Waals surface area contributed by atoms with E-state index in [1.54, 1.807) is 6.08 Å². The molecule has 8 nitrogen and oxygen atoms in total. The third-order valence-corrected chi connectivity index (χ3v) is 7.18. The Morgan fingerprint density at radius 1 is 1.15 bits per heavy atom. The largest absolute Gasteiger partial charge is 0.494 e. The van der Waals surface area contributed by atoms with Gasteiger partial charge in [-0.2, -0.15) is 10.0 Å². The molecule has 3 aliphatic rings. The van der Waals surface area contributed by atoms with Crippen LogP contribution in [0.15, 0.2) is 64.3 Å². The molecule has 0 bridgehead atoms. The molecule has 1 amide bonds. The van der Waals surface area contributed by atoms with Crippen molar-refractivity contribution >= 4 is 39.9 Å². The van der Waals surface area contributed by atoms with Crippen LogP contribution in [0.2, 0.25) is 0 Å². The number of aliphatic imine (C=N–C) groups is 1. The standard InChI is InChI=1S/C25H28N6O2S/c1-18-10-14-30(15-11-18)25-28-31-22(26)21(23(32)27-24(31)34-25)17-19-7-5-12-29(19)13-6-16-33-20-8-3-2-4-9-20/h2-5,7-9,12,17-18,26H,6,10-11,13-16H2,1H3/b21-17-,26-22?. The molecule has 1 aromatic heterocycles. The zero-order valence-corrected chi connectivity index (χ0v) is 20.0. The summed E-state index contributed by atoms with van der Waals surface area (Å²) in [4.78, 5) is 19.3. The number of carbonyl (C=O) groups is 1. The lowest BCUT2D eigenvalue weighted by Gasteiger charge is -2.30. The van der Waals surface area contributed by atoms with Gasteiger partial charge in [0.05, 0.1) is 12.2 Å². The molecule has 34 heavy (non-hydrogen) atoms. The molecule has 176 valence electrons. The molecule has 3 aliphatic heterocycles. The number of thioether (sulfide) groups is 1. The first kappa shape index (κ1) is 22.5. The second-order valence-corrected chi connectivity index (χ2v) is 9.65. The van der Waals surface area contributed by atoms with Gasteiger partial charge in [0.15, 0.2) is 11.0 Å². The number of hydrogen-bond acceptors (Lipinski definition) is 6. The number of aryl methyl sites for hydroxylation is 1. The van der Waals surface area contributed by atoms with E-state index in [0.29, 0.717) is 11.8 Å². The van der Waals surface area contributed by atoms with Crippen molar-refractivity contribution in [2.75, 3.05) is 19.7 Å². The summed E-state index contributed by atoms with van der Waals surface area (Å²) in [5, 5.41) is 16.1. The van der Waals surface area contributed by atoms with Crippen molar-refractivity contribution < 1.29 is 9.53 Å². The van der Waals surface area contributed by atoms with E-state index in [1.165, 1.54) is 16.8 Å². The second kappa shape index (κ2) is 9.89. The van der Waals surface area contributed by atoms with E-state index >= 15 is 0 Å². The van der Waals surface area contributed by atoms with Crippen LogP contribution >= 0.6 is 11.8 Å². The van der Waals surface area contributed by atoms with Crippen LogP contribution in [0.1, 0.15) is 31.9 Å². The van der Waals surface area contributed by atoms with E-state index in [4.69, 9.17) is 10.1 Å². The topological polar surface area (TPSA) is 86.3 Å². The molecule has 5 rings (SSSR count). The SMILES string of the molecule is CC1CCN(C2=NN3C(=N)/C(=C/c4cccn4CCCOc4ccccc4)C(=O)N=C3S2)CC1. The highest BCUT2D eigenvalue weighted by Gasteiger charge is 2.37. The van der Waals surface area contributed by atoms with Crippen molar-refractivity contribution in [1.82, 2.24) is 14.5 Å². The zero-order valence-electron chi connectivity index (χ0n) is 19.2. The van der Waals surface area contributed by atoms with Crippen molar-refractivity contribution in [2.45, 2.75) is 32.7 Å². The molecule has 0 spiro atoms. The minimum absolute atomic E-state index is 0.0723. The summed E-state index contributed by atoms with van der Waals surface area (Å²) in [5.41, 5.74) is 1.11. The minimum Gasteiger partial charge on any atom is -0.494 e. The normalized spacial score (nSPS) is 20.0. The monoisotopic (exact) mass is 476 g/mol. The van der Waals surface area contributed by atoms with Gasteiger partial charge in [-0.15, -0.1) is 5.10 Å². The Labute approximate surface area is 203 Å². The molecule has 0 unspecified atom stereocenters. The predicted molar refractivity (Wildman–Crippen MR) is 136 cm³/mol. The van der Waals surface area contributed by atoms with Gasteiger partial charge in [-0.05, 0) is 67.3 Å². The molecule has 9 heteroatoms. The van der Waals surface area contributed by atoms with E-state index in [2.05, 4.69) is 26.5 Å². The summed E-state index contributed by atoms with van der Waals surface area (Å²) in [6.45, 7) is 5.49. The van der Waals surface area contributed by atoms with Gasteiger partial charge in [0.2, 0.25) is 5.17 Å². The highest BCUT2D eigenvalue weighted by molar-refractivity contribution is 8.26. The summed E-state index contributed by atoms with van der Waals surface area (Å²) < 4.78 is 7.84.